The normalized spacial score (nSPS) is 10.8. The molecule has 9 nitrogen and oxygen atoms in total. The van der Waals surface area contributed by atoms with Crippen molar-refractivity contribution in [2.45, 2.75) is 13.1 Å². The van der Waals surface area contributed by atoms with Crippen LogP contribution in [0.4, 0.5) is 5.69 Å². The average molecular weight is 530 g/mol. The minimum absolute atomic E-state index is 0. The van der Waals surface area contributed by atoms with E-state index >= 15 is 0 Å². The molecule has 0 aromatic heterocycles. The highest BCUT2D eigenvalue weighted by Gasteiger charge is 2.05. The molecule has 0 aliphatic heterocycles. The zero-order valence-electron chi connectivity index (χ0n) is 16.7. The number of rotatable bonds is 11. The van der Waals surface area contributed by atoms with Crippen LogP contribution in [-0.4, -0.2) is 49.5 Å². The number of halogens is 1. The molecule has 0 saturated heterocycles. The van der Waals surface area contributed by atoms with Gasteiger partial charge in [-0.05, 0) is 23.3 Å². The fourth-order valence-corrected chi connectivity index (χ4v) is 2.41. The molecule has 10 heteroatoms. The fraction of sp³-hybridized carbons (Fsp3) is 0.350. The molecule has 2 rings (SSSR count). The first-order valence-corrected chi connectivity index (χ1v) is 9.19. The number of ether oxygens (including phenoxy) is 2. The molecule has 3 N–H and O–H groups in total. The standard InChI is InChI=1S/C20H26N4O5.HI/c1-28-19-8-4-17(5-9-19)15-23-20(21-10-12-29-13-11-25)22-14-16-2-6-18(7-3-16)24(26)27;/h2-9,25H,10-15H2,1H3,(H2,21,22,23);1H. The first-order chi connectivity index (χ1) is 14.1. The molecule has 0 radical (unpaired) electrons. The fourth-order valence-electron chi connectivity index (χ4n) is 2.41. The number of nitrogens with one attached hydrogen (secondary N) is 2. The molecular weight excluding hydrogens is 503 g/mol. The molecule has 0 spiro atoms. The Hall–Kier alpha value is -2.44. The van der Waals surface area contributed by atoms with Gasteiger partial charge in [-0.2, -0.15) is 0 Å². The zero-order valence-corrected chi connectivity index (χ0v) is 19.1. The number of nitrogens with zero attached hydrogens (tertiary/aromatic N) is 2. The molecule has 0 atom stereocenters. The molecule has 0 saturated carbocycles. The van der Waals surface area contributed by atoms with Crippen LogP contribution in [0, 0.1) is 10.1 Å². The number of nitro benzene ring substituents is 1. The van der Waals surface area contributed by atoms with Crippen molar-refractivity contribution in [1.29, 1.82) is 0 Å². The average Bonchev–Trinajstić information content (AvgIpc) is 2.75. The van der Waals surface area contributed by atoms with Gasteiger partial charge in [0.2, 0.25) is 0 Å². The molecule has 0 fully saturated rings. The van der Waals surface area contributed by atoms with Crippen molar-refractivity contribution >= 4 is 35.6 Å². The second-order valence-electron chi connectivity index (χ2n) is 6.05. The molecule has 0 heterocycles. The zero-order chi connectivity index (χ0) is 20.9. The number of aliphatic imine (C=N–C) groups is 1. The van der Waals surface area contributed by atoms with Crippen LogP contribution in [-0.2, 0) is 17.8 Å². The van der Waals surface area contributed by atoms with E-state index < -0.39 is 4.92 Å². The topological polar surface area (TPSA) is 118 Å². The summed E-state index contributed by atoms with van der Waals surface area (Å²) in [6.07, 6.45) is 0. The first kappa shape index (κ1) is 25.6. The predicted molar refractivity (Wildman–Crippen MR) is 125 cm³/mol. The molecule has 0 amide bonds. The van der Waals surface area contributed by atoms with Gasteiger partial charge in [-0.25, -0.2) is 4.99 Å². The van der Waals surface area contributed by atoms with E-state index in [1.54, 1.807) is 19.2 Å². The summed E-state index contributed by atoms with van der Waals surface area (Å²) < 4.78 is 10.4. The molecule has 0 aliphatic carbocycles. The van der Waals surface area contributed by atoms with E-state index in [4.69, 9.17) is 14.6 Å². The summed E-state index contributed by atoms with van der Waals surface area (Å²) in [6, 6.07) is 14.0. The third-order valence-corrected chi connectivity index (χ3v) is 3.96. The van der Waals surface area contributed by atoms with Gasteiger partial charge in [0.05, 0.1) is 38.4 Å². The summed E-state index contributed by atoms with van der Waals surface area (Å²) in [6.45, 7) is 2.16. The first-order valence-electron chi connectivity index (χ1n) is 9.19. The molecule has 0 bridgehead atoms. The number of methoxy groups -OCH3 is 1. The molecule has 164 valence electrons. The Kier molecular flexibility index (Phi) is 12.4. The summed E-state index contributed by atoms with van der Waals surface area (Å²) >= 11 is 0. The minimum Gasteiger partial charge on any atom is -0.497 e. The highest BCUT2D eigenvalue weighted by molar-refractivity contribution is 14.0. The minimum atomic E-state index is -0.424. The second-order valence-corrected chi connectivity index (χ2v) is 6.05. The smallest absolute Gasteiger partial charge is 0.269 e. The Morgan fingerprint density at radius 1 is 1.07 bits per heavy atom. The van der Waals surface area contributed by atoms with Gasteiger partial charge in [0.1, 0.15) is 5.75 Å². The number of aliphatic hydroxyl groups is 1. The maximum absolute atomic E-state index is 10.8. The van der Waals surface area contributed by atoms with E-state index in [2.05, 4.69) is 15.6 Å². The Balaban J connectivity index is 0.00000450. The van der Waals surface area contributed by atoms with Crippen LogP contribution in [0.5, 0.6) is 5.75 Å². The summed E-state index contributed by atoms with van der Waals surface area (Å²) in [5, 5.41) is 25.9. The van der Waals surface area contributed by atoms with Crippen molar-refractivity contribution in [3.05, 3.63) is 69.8 Å². The van der Waals surface area contributed by atoms with Gasteiger partial charge in [0.25, 0.3) is 5.69 Å². The van der Waals surface area contributed by atoms with Gasteiger partial charge in [0.15, 0.2) is 5.96 Å². The number of hydrogen-bond donors (Lipinski definition) is 3. The molecule has 2 aromatic carbocycles. The van der Waals surface area contributed by atoms with Crippen molar-refractivity contribution in [2.24, 2.45) is 4.99 Å². The number of aliphatic hydroxyl groups excluding tert-OH is 1. The van der Waals surface area contributed by atoms with E-state index in [9.17, 15) is 10.1 Å². The van der Waals surface area contributed by atoms with Crippen LogP contribution in [0.15, 0.2) is 53.5 Å². The Morgan fingerprint density at radius 3 is 2.33 bits per heavy atom. The van der Waals surface area contributed by atoms with E-state index in [1.165, 1.54) is 12.1 Å². The van der Waals surface area contributed by atoms with Crippen molar-refractivity contribution in [3.63, 3.8) is 0 Å². The lowest BCUT2D eigenvalue weighted by Crippen LogP contribution is -2.38. The van der Waals surface area contributed by atoms with Crippen molar-refractivity contribution in [3.8, 4) is 5.75 Å². The third-order valence-electron chi connectivity index (χ3n) is 3.96. The van der Waals surface area contributed by atoms with Crippen LogP contribution < -0.4 is 15.4 Å². The SMILES string of the molecule is COc1ccc(CN=C(NCCOCCO)NCc2ccc([N+](=O)[O-])cc2)cc1.I. The van der Waals surface area contributed by atoms with Crippen molar-refractivity contribution in [1.82, 2.24) is 10.6 Å². The largest absolute Gasteiger partial charge is 0.497 e. The molecule has 0 unspecified atom stereocenters. The summed E-state index contributed by atoms with van der Waals surface area (Å²) in [5.74, 6) is 1.38. The molecular formula is C20H27IN4O5. The number of nitro groups is 1. The van der Waals surface area contributed by atoms with Crippen molar-refractivity contribution in [2.75, 3.05) is 33.5 Å². The maximum atomic E-state index is 10.8. The van der Waals surface area contributed by atoms with E-state index in [0.29, 0.717) is 32.2 Å². The number of benzene rings is 2. The Morgan fingerprint density at radius 2 is 1.73 bits per heavy atom. The number of non-ortho nitro benzene ring substituents is 1. The van der Waals surface area contributed by atoms with Crippen LogP contribution in [0.25, 0.3) is 0 Å². The number of hydrogen-bond acceptors (Lipinski definition) is 6. The lowest BCUT2D eigenvalue weighted by atomic mass is 10.2. The summed E-state index contributed by atoms with van der Waals surface area (Å²) in [4.78, 5) is 14.9. The van der Waals surface area contributed by atoms with Crippen LogP contribution >= 0.6 is 24.0 Å². The Labute approximate surface area is 192 Å². The van der Waals surface area contributed by atoms with E-state index in [0.717, 1.165) is 16.9 Å². The van der Waals surface area contributed by atoms with Gasteiger partial charge in [-0.1, -0.05) is 24.3 Å². The molecule has 2 aromatic rings. The van der Waals surface area contributed by atoms with Gasteiger partial charge in [-0.15, -0.1) is 24.0 Å². The van der Waals surface area contributed by atoms with Gasteiger partial charge in [-0.3, -0.25) is 10.1 Å². The lowest BCUT2D eigenvalue weighted by Gasteiger charge is -2.13. The highest BCUT2D eigenvalue weighted by Crippen LogP contribution is 2.13. The second kappa shape index (κ2) is 14.5. The van der Waals surface area contributed by atoms with Gasteiger partial charge < -0.3 is 25.2 Å². The van der Waals surface area contributed by atoms with E-state index in [-0.39, 0.29) is 42.9 Å². The maximum Gasteiger partial charge on any atom is 0.269 e. The van der Waals surface area contributed by atoms with Crippen molar-refractivity contribution < 1.29 is 19.5 Å². The monoisotopic (exact) mass is 530 g/mol. The summed E-state index contributed by atoms with van der Waals surface area (Å²) in [7, 11) is 1.62. The number of guanidine groups is 1. The highest BCUT2D eigenvalue weighted by atomic mass is 127. The molecule has 0 aliphatic rings. The summed E-state index contributed by atoms with van der Waals surface area (Å²) in [5.41, 5.74) is 1.98. The predicted octanol–water partition coefficient (Wildman–Crippen LogP) is 2.47. The lowest BCUT2D eigenvalue weighted by molar-refractivity contribution is -0.384. The van der Waals surface area contributed by atoms with Gasteiger partial charge in [0, 0.05) is 25.2 Å². The quantitative estimate of drug-likeness (QED) is 0.102. The Bertz CT molecular complexity index is 785. The molecule has 30 heavy (non-hydrogen) atoms. The van der Waals surface area contributed by atoms with E-state index in [1.807, 2.05) is 24.3 Å². The van der Waals surface area contributed by atoms with Crippen LogP contribution in [0.3, 0.4) is 0 Å². The van der Waals surface area contributed by atoms with Crippen LogP contribution in [0.1, 0.15) is 11.1 Å². The third kappa shape index (κ3) is 9.37. The van der Waals surface area contributed by atoms with Crippen LogP contribution in [0.2, 0.25) is 0 Å². The van der Waals surface area contributed by atoms with Gasteiger partial charge >= 0.3 is 0 Å².